The quantitative estimate of drug-likeness (QED) is 0.573. The number of hydrogen-bond acceptors (Lipinski definition) is 2. The molecule has 0 unspecified atom stereocenters. The second-order valence-corrected chi connectivity index (χ2v) is 10.1. The lowest BCUT2D eigenvalue weighted by atomic mass is 10.4. The fraction of sp³-hybridized carbons (Fsp3) is 0.700. The third kappa shape index (κ3) is 7.68. The summed E-state index contributed by atoms with van der Waals surface area (Å²) in [6, 6.07) is 0.708. The largest absolute Gasteiger partial charge is 0.450 e. The van der Waals surface area contributed by atoms with E-state index >= 15 is 0 Å². The summed E-state index contributed by atoms with van der Waals surface area (Å²) in [6.07, 6.45) is 4.68. The summed E-state index contributed by atoms with van der Waals surface area (Å²) in [4.78, 5) is 11.1. The molecule has 14 heavy (non-hydrogen) atoms. The minimum Gasteiger partial charge on any atom is -0.450 e. The standard InChI is InChI=1S/C10H19NO2Si/c1-6-9(2)11-10(12)13-7-8-14(3,4)5/h1,9H,7-8H2,2-5H3,(H,11,12)/t9-/m1/s1. The van der Waals surface area contributed by atoms with E-state index in [-0.39, 0.29) is 6.04 Å². The molecule has 0 aromatic heterocycles. The summed E-state index contributed by atoms with van der Waals surface area (Å²) in [5.74, 6) is 2.40. The molecular weight excluding hydrogens is 194 g/mol. The lowest BCUT2D eigenvalue weighted by Gasteiger charge is -2.15. The first kappa shape index (κ1) is 13.0. The molecule has 1 amide bonds. The molecule has 1 N–H and O–H groups in total. The molecule has 3 nitrogen and oxygen atoms in total. The highest BCUT2D eigenvalue weighted by Gasteiger charge is 2.14. The van der Waals surface area contributed by atoms with Crippen molar-refractivity contribution in [2.24, 2.45) is 0 Å². The monoisotopic (exact) mass is 213 g/mol. The Hall–Kier alpha value is -0.953. The molecule has 0 aliphatic rings. The van der Waals surface area contributed by atoms with Crippen LogP contribution in [-0.2, 0) is 4.74 Å². The summed E-state index contributed by atoms with van der Waals surface area (Å²) in [6.45, 7) is 8.92. The van der Waals surface area contributed by atoms with Gasteiger partial charge < -0.3 is 10.1 Å². The van der Waals surface area contributed by atoms with Gasteiger partial charge in [-0.2, -0.15) is 0 Å². The molecule has 0 aromatic rings. The lowest BCUT2D eigenvalue weighted by Crippen LogP contribution is -2.33. The lowest BCUT2D eigenvalue weighted by molar-refractivity contribution is 0.150. The molecule has 0 aliphatic carbocycles. The zero-order valence-electron chi connectivity index (χ0n) is 9.39. The van der Waals surface area contributed by atoms with Crippen molar-refractivity contribution >= 4 is 14.2 Å². The number of alkyl carbamates (subject to hydrolysis) is 1. The van der Waals surface area contributed by atoms with Crippen LogP contribution in [0.1, 0.15) is 6.92 Å². The van der Waals surface area contributed by atoms with Gasteiger partial charge in [0, 0.05) is 8.07 Å². The molecule has 0 aliphatic heterocycles. The maximum absolute atomic E-state index is 11.1. The predicted molar refractivity (Wildman–Crippen MR) is 60.9 cm³/mol. The molecule has 0 saturated heterocycles. The van der Waals surface area contributed by atoms with Crippen LogP contribution in [0, 0.1) is 12.3 Å². The second kappa shape index (κ2) is 5.71. The SMILES string of the molecule is C#C[C@@H](C)NC(=O)OCC[Si](C)(C)C. The Kier molecular flexibility index (Phi) is 5.32. The molecular formula is C10H19NO2Si. The molecule has 0 saturated carbocycles. The fourth-order valence-electron chi connectivity index (χ4n) is 0.710. The van der Waals surface area contributed by atoms with Gasteiger partial charge in [0.05, 0.1) is 12.6 Å². The van der Waals surface area contributed by atoms with Crippen molar-refractivity contribution in [2.45, 2.75) is 38.7 Å². The number of terminal acetylenes is 1. The predicted octanol–water partition coefficient (Wildman–Crippen LogP) is 2.07. The fourth-order valence-corrected chi connectivity index (χ4v) is 1.42. The number of carbonyl (C=O) groups excluding carboxylic acids is 1. The smallest absolute Gasteiger partial charge is 0.408 e. The van der Waals surface area contributed by atoms with Gasteiger partial charge in [0.1, 0.15) is 0 Å². The van der Waals surface area contributed by atoms with Gasteiger partial charge in [-0.1, -0.05) is 25.6 Å². The second-order valence-electron chi connectivity index (χ2n) is 4.48. The third-order valence-corrected chi connectivity index (χ3v) is 3.37. The minimum atomic E-state index is -1.12. The molecule has 0 heterocycles. The van der Waals surface area contributed by atoms with E-state index in [2.05, 4.69) is 30.9 Å². The normalized spacial score (nSPS) is 12.8. The van der Waals surface area contributed by atoms with Crippen LogP contribution in [-0.4, -0.2) is 26.8 Å². The molecule has 1 atom stereocenters. The van der Waals surface area contributed by atoms with Crippen molar-refractivity contribution in [1.82, 2.24) is 5.32 Å². The van der Waals surface area contributed by atoms with Crippen molar-refractivity contribution in [1.29, 1.82) is 0 Å². The van der Waals surface area contributed by atoms with Crippen LogP contribution in [0.25, 0.3) is 0 Å². The van der Waals surface area contributed by atoms with Crippen LogP contribution in [0.5, 0.6) is 0 Å². The Labute approximate surface area is 87.2 Å². The minimum absolute atomic E-state index is 0.269. The van der Waals surface area contributed by atoms with Gasteiger partial charge in [-0.15, -0.1) is 6.42 Å². The highest BCUT2D eigenvalue weighted by atomic mass is 28.3. The van der Waals surface area contributed by atoms with E-state index in [1.54, 1.807) is 6.92 Å². The van der Waals surface area contributed by atoms with Crippen LogP contribution < -0.4 is 5.32 Å². The van der Waals surface area contributed by atoms with E-state index in [9.17, 15) is 4.79 Å². The van der Waals surface area contributed by atoms with E-state index in [4.69, 9.17) is 11.2 Å². The number of amides is 1. The number of nitrogens with one attached hydrogen (secondary N) is 1. The summed E-state index contributed by atoms with van der Waals surface area (Å²) >= 11 is 0. The topological polar surface area (TPSA) is 38.3 Å². The van der Waals surface area contributed by atoms with Crippen LogP contribution in [0.3, 0.4) is 0 Å². The molecule has 0 spiro atoms. The highest BCUT2D eigenvalue weighted by Crippen LogP contribution is 2.07. The summed E-state index contributed by atoms with van der Waals surface area (Å²) < 4.78 is 4.98. The van der Waals surface area contributed by atoms with Crippen LogP contribution >= 0.6 is 0 Å². The molecule has 4 heteroatoms. The number of ether oxygens (including phenoxy) is 1. The molecule has 0 radical (unpaired) electrons. The number of carbonyl (C=O) groups is 1. The van der Waals surface area contributed by atoms with Gasteiger partial charge in [0.2, 0.25) is 0 Å². The molecule has 0 fully saturated rings. The van der Waals surface area contributed by atoms with Crippen molar-refractivity contribution in [2.75, 3.05) is 6.61 Å². The van der Waals surface area contributed by atoms with E-state index in [0.29, 0.717) is 6.61 Å². The summed E-state index contributed by atoms with van der Waals surface area (Å²) in [5.41, 5.74) is 0. The van der Waals surface area contributed by atoms with Gasteiger partial charge in [0.15, 0.2) is 0 Å². The maximum atomic E-state index is 11.1. The number of rotatable bonds is 4. The van der Waals surface area contributed by atoms with E-state index < -0.39 is 14.2 Å². The first-order chi connectivity index (χ1) is 6.35. The van der Waals surface area contributed by atoms with Crippen LogP contribution in [0.2, 0.25) is 25.7 Å². The highest BCUT2D eigenvalue weighted by molar-refractivity contribution is 6.76. The zero-order chi connectivity index (χ0) is 11.2. The Morgan fingerprint density at radius 3 is 2.57 bits per heavy atom. The summed E-state index contributed by atoms with van der Waals surface area (Å²) in [7, 11) is -1.12. The zero-order valence-corrected chi connectivity index (χ0v) is 10.4. The van der Waals surface area contributed by atoms with Crippen molar-refractivity contribution in [3.63, 3.8) is 0 Å². The Morgan fingerprint density at radius 2 is 2.14 bits per heavy atom. The van der Waals surface area contributed by atoms with E-state index in [1.165, 1.54) is 0 Å². The first-order valence-corrected chi connectivity index (χ1v) is 8.45. The molecule has 80 valence electrons. The van der Waals surface area contributed by atoms with Gasteiger partial charge >= 0.3 is 6.09 Å². The Bertz CT molecular complexity index is 227. The molecule has 0 rings (SSSR count). The first-order valence-electron chi connectivity index (χ1n) is 4.74. The van der Waals surface area contributed by atoms with Crippen LogP contribution in [0.15, 0.2) is 0 Å². The van der Waals surface area contributed by atoms with Gasteiger partial charge in [0.25, 0.3) is 0 Å². The van der Waals surface area contributed by atoms with E-state index in [0.717, 1.165) is 6.04 Å². The van der Waals surface area contributed by atoms with Crippen molar-refractivity contribution < 1.29 is 9.53 Å². The van der Waals surface area contributed by atoms with Crippen molar-refractivity contribution in [3.05, 3.63) is 0 Å². The van der Waals surface area contributed by atoms with Gasteiger partial charge in [-0.3, -0.25) is 0 Å². The van der Waals surface area contributed by atoms with Gasteiger partial charge in [-0.25, -0.2) is 4.79 Å². The van der Waals surface area contributed by atoms with E-state index in [1.807, 2.05) is 0 Å². The Balaban J connectivity index is 3.61. The number of hydrogen-bond donors (Lipinski definition) is 1. The van der Waals surface area contributed by atoms with Crippen LogP contribution in [0.4, 0.5) is 4.79 Å². The molecule has 0 aromatic carbocycles. The summed E-state index contributed by atoms with van der Waals surface area (Å²) in [5, 5.41) is 2.53. The Morgan fingerprint density at radius 1 is 1.57 bits per heavy atom. The molecule has 0 bridgehead atoms. The third-order valence-electron chi connectivity index (χ3n) is 1.67. The average molecular weight is 213 g/mol. The maximum Gasteiger partial charge on any atom is 0.408 e. The van der Waals surface area contributed by atoms with Crippen molar-refractivity contribution in [3.8, 4) is 12.3 Å². The average Bonchev–Trinajstić information content (AvgIpc) is 2.01. The van der Waals surface area contributed by atoms with Gasteiger partial charge in [-0.05, 0) is 13.0 Å².